The molecule has 1 aliphatic heterocycles. The third-order valence-electron chi connectivity index (χ3n) is 5.04. The fourth-order valence-corrected chi connectivity index (χ4v) is 3.50. The van der Waals surface area contributed by atoms with Crippen molar-refractivity contribution in [3.05, 3.63) is 39.7 Å². The number of nitrogens with zero attached hydrogens (tertiary/aromatic N) is 4. The summed E-state index contributed by atoms with van der Waals surface area (Å²) in [7, 11) is 0. The van der Waals surface area contributed by atoms with Gasteiger partial charge in [-0.15, -0.1) is 0 Å². The molecule has 7 nitrogen and oxygen atoms in total. The van der Waals surface area contributed by atoms with Crippen molar-refractivity contribution >= 4 is 11.8 Å². The molecular weight excluding hydrogens is 304 g/mol. The second-order valence-electron chi connectivity index (χ2n) is 6.84. The Morgan fingerprint density at radius 3 is 2.71 bits per heavy atom. The van der Waals surface area contributed by atoms with Crippen LogP contribution in [0.25, 0.3) is 0 Å². The Kier molecular flexibility index (Phi) is 3.70. The Labute approximate surface area is 140 Å². The van der Waals surface area contributed by atoms with Crippen LogP contribution in [0.1, 0.15) is 54.7 Å². The Morgan fingerprint density at radius 2 is 2.00 bits per heavy atom. The van der Waals surface area contributed by atoms with Gasteiger partial charge in [-0.25, -0.2) is 15.0 Å². The Balaban J connectivity index is 1.56. The van der Waals surface area contributed by atoms with Gasteiger partial charge >= 0.3 is 0 Å². The van der Waals surface area contributed by atoms with Crippen molar-refractivity contribution in [2.75, 3.05) is 23.7 Å². The van der Waals surface area contributed by atoms with E-state index in [0.29, 0.717) is 5.92 Å². The maximum absolute atomic E-state index is 11.6. The van der Waals surface area contributed by atoms with Gasteiger partial charge in [0.1, 0.15) is 11.6 Å². The summed E-state index contributed by atoms with van der Waals surface area (Å²) in [6.07, 6.45) is 4.61. The summed E-state index contributed by atoms with van der Waals surface area (Å²) in [5, 5.41) is 0. The van der Waals surface area contributed by atoms with Crippen LogP contribution in [0.4, 0.5) is 11.8 Å². The van der Waals surface area contributed by atoms with Crippen LogP contribution in [-0.4, -0.2) is 33.0 Å². The van der Waals surface area contributed by atoms with E-state index in [1.54, 1.807) is 6.07 Å². The molecule has 0 aromatic carbocycles. The van der Waals surface area contributed by atoms with Crippen molar-refractivity contribution in [3.8, 4) is 0 Å². The predicted octanol–water partition coefficient (Wildman–Crippen LogP) is 1.71. The summed E-state index contributed by atoms with van der Waals surface area (Å²) in [6.45, 7) is 3.73. The van der Waals surface area contributed by atoms with Crippen molar-refractivity contribution in [2.45, 2.75) is 44.4 Å². The first-order chi connectivity index (χ1) is 11.6. The van der Waals surface area contributed by atoms with Gasteiger partial charge in [0.15, 0.2) is 0 Å². The minimum Gasteiger partial charge on any atom is -0.369 e. The second kappa shape index (κ2) is 5.89. The van der Waals surface area contributed by atoms with Crippen LogP contribution in [0.15, 0.2) is 16.9 Å². The Morgan fingerprint density at radius 1 is 1.17 bits per heavy atom. The summed E-state index contributed by atoms with van der Waals surface area (Å²) in [5.74, 6) is 2.89. The maximum Gasteiger partial charge on any atom is 0.252 e. The molecule has 3 N–H and O–H groups in total. The van der Waals surface area contributed by atoms with E-state index in [2.05, 4.69) is 19.9 Å². The summed E-state index contributed by atoms with van der Waals surface area (Å²) >= 11 is 0. The van der Waals surface area contributed by atoms with Crippen molar-refractivity contribution < 1.29 is 0 Å². The molecule has 126 valence electrons. The Hall–Kier alpha value is -2.44. The zero-order valence-electron chi connectivity index (χ0n) is 13.8. The molecule has 2 aromatic heterocycles. The topological polar surface area (TPSA) is 101 Å². The normalized spacial score (nSPS) is 21.0. The number of nitrogens with two attached hydrogens (primary N) is 1. The van der Waals surface area contributed by atoms with Crippen molar-refractivity contribution in [1.29, 1.82) is 0 Å². The van der Waals surface area contributed by atoms with Crippen molar-refractivity contribution in [2.24, 2.45) is 0 Å². The molecule has 2 fully saturated rings. The number of aromatic nitrogens is 4. The maximum atomic E-state index is 11.6. The van der Waals surface area contributed by atoms with Crippen molar-refractivity contribution in [1.82, 2.24) is 19.9 Å². The van der Waals surface area contributed by atoms with Gasteiger partial charge in [0, 0.05) is 42.8 Å². The lowest BCUT2D eigenvalue weighted by Crippen LogP contribution is -2.23. The first-order valence-electron chi connectivity index (χ1n) is 8.56. The molecule has 7 heteroatoms. The van der Waals surface area contributed by atoms with Crippen LogP contribution >= 0.6 is 0 Å². The van der Waals surface area contributed by atoms with Crippen LogP contribution in [0, 0.1) is 6.92 Å². The monoisotopic (exact) mass is 326 g/mol. The summed E-state index contributed by atoms with van der Waals surface area (Å²) in [5.41, 5.74) is 7.26. The molecule has 0 spiro atoms. The molecule has 1 aliphatic carbocycles. The van der Waals surface area contributed by atoms with Crippen LogP contribution < -0.4 is 16.2 Å². The third-order valence-corrected chi connectivity index (χ3v) is 5.04. The average molecular weight is 326 g/mol. The number of aryl methyl sites for hydroxylation is 1. The lowest BCUT2D eigenvalue weighted by molar-refractivity contribution is 0.400. The molecule has 1 saturated carbocycles. The number of hydrogen-bond donors (Lipinski definition) is 2. The molecule has 1 atom stereocenters. The lowest BCUT2D eigenvalue weighted by atomic mass is 9.85. The van der Waals surface area contributed by atoms with Crippen molar-refractivity contribution in [3.63, 3.8) is 0 Å². The van der Waals surface area contributed by atoms with Gasteiger partial charge in [0.2, 0.25) is 5.95 Å². The van der Waals surface area contributed by atoms with E-state index >= 15 is 0 Å². The highest BCUT2D eigenvalue weighted by Gasteiger charge is 2.28. The van der Waals surface area contributed by atoms with Crippen LogP contribution in [-0.2, 0) is 0 Å². The van der Waals surface area contributed by atoms with Gasteiger partial charge in [0.25, 0.3) is 5.56 Å². The number of nitrogen functional groups attached to an aromatic ring is 1. The first kappa shape index (κ1) is 15.1. The molecule has 0 radical (unpaired) electrons. The number of rotatable bonds is 3. The van der Waals surface area contributed by atoms with E-state index in [-0.39, 0.29) is 17.4 Å². The highest BCUT2D eigenvalue weighted by Crippen LogP contribution is 2.36. The molecule has 3 heterocycles. The number of H-pyrrole nitrogens is 1. The molecule has 4 rings (SSSR count). The van der Waals surface area contributed by atoms with E-state index < -0.39 is 0 Å². The van der Waals surface area contributed by atoms with Gasteiger partial charge in [-0.1, -0.05) is 6.42 Å². The van der Waals surface area contributed by atoms with E-state index in [4.69, 9.17) is 10.7 Å². The largest absolute Gasteiger partial charge is 0.369 e. The fraction of sp³-hybridized carbons (Fsp3) is 0.529. The summed E-state index contributed by atoms with van der Waals surface area (Å²) < 4.78 is 0. The summed E-state index contributed by atoms with van der Waals surface area (Å²) in [6, 6.07) is 3.60. The number of hydrogen-bond acceptors (Lipinski definition) is 6. The Bertz CT molecular complexity index is 813. The number of aromatic amines is 1. The molecule has 2 aliphatic rings. The van der Waals surface area contributed by atoms with Crippen LogP contribution in [0.2, 0.25) is 0 Å². The van der Waals surface area contributed by atoms with Crippen LogP contribution in [0.5, 0.6) is 0 Å². The highest BCUT2D eigenvalue weighted by atomic mass is 16.1. The molecule has 1 saturated heterocycles. The van der Waals surface area contributed by atoms with Gasteiger partial charge in [0.05, 0.1) is 5.69 Å². The predicted molar refractivity (Wildman–Crippen MR) is 92.2 cm³/mol. The van der Waals surface area contributed by atoms with E-state index in [9.17, 15) is 4.79 Å². The van der Waals surface area contributed by atoms with Crippen LogP contribution in [0.3, 0.4) is 0 Å². The smallest absolute Gasteiger partial charge is 0.252 e. The van der Waals surface area contributed by atoms with E-state index in [1.165, 1.54) is 19.3 Å². The average Bonchev–Trinajstić information content (AvgIpc) is 2.93. The standard InChI is InChI=1S/C17H22N6O/c1-10-7-14(21-16(19-10)11-3-2-4-11)23-6-5-12(9-23)13-8-15(24)22-17(18)20-13/h7-8,11-12H,2-6,9H2,1H3,(H3,18,20,22,24). The molecule has 1 unspecified atom stereocenters. The minimum absolute atomic E-state index is 0.182. The van der Waals surface area contributed by atoms with Gasteiger partial charge in [-0.3, -0.25) is 9.78 Å². The minimum atomic E-state index is -0.193. The molecule has 0 bridgehead atoms. The SMILES string of the molecule is Cc1cc(N2CCC(c3cc(=O)[nH]c(N)n3)C2)nc(C2CCC2)n1. The zero-order valence-corrected chi connectivity index (χ0v) is 13.8. The van der Waals surface area contributed by atoms with Gasteiger partial charge in [-0.2, -0.15) is 0 Å². The summed E-state index contributed by atoms with van der Waals surface area (Å²) in [4.78, 5) is 30.1. The van der Waals surface area contributed by atoms with E-state index in [0.717, 1.165) is 42.5 Å². The molecule has 24 heavy (non-hydrogen) atoms. The van der Waals surface area contributed by atoms with E-state index in [1.807, 2.05) is 13.0 Å². The van der Waals surface area contributed by atoms with Gasteiger partial charge in [-0.05, 0) is 26.2 Å². The van der Waals surface area contributed by atoms with Gasteiger partial charge < -0.3 is 10.6 Å². The molecule has 0 amide bonds. The number of nitrogens with one attached hydrogen (secondary N) is 1. The third kappa shape index (κ3) is 2.86. The first-order valence-corrected chi connectivity index (χ1v) is 8.56. The zero-order chi connectivity index (χ0) is 16.7. The fourth-order valence-electron chi connectivity index (χ4n) is 3.50. The molecule has 2 aromatic rings. The second-order valence-corrected chi connectivity index (χ2v) is 6.84. The lowest BCUT2D eigenvalue weighted by Gasteiger charge is -2.26. The number of anilines is 2. The quantitative estimate of drug-likeness (QED) is 0.890. The molecular formula is C17H22N6O. The highest BCUT2D eigenvalue weighted by molar-refractivity contribution is 5.43.